The molecule has 0 bridgehead atoms. The Labute approximate surface area is 122 Å². The smallest absolute Gasteiger partial charge is 0.0589 e. The third-order valence-corrected chi connectivity index (χ3v) is 5.72. The fraction of sp³-hybridized carbons (Fsp3) is 1.00. The normalized spacial score (nSPS) is 21.2. The van der Waals surface area contributed by atoms with Crippen LogP contribution in [0.4, 0.5) is 0 Å². The van der Waals surface area contributed by atoms with E-state index in [0.29, 0.717) is 11.5 Å². The van der Waals surface area contributed by atoms with Gasteiger partial charge in [0.15, 0.2) is 0 Å². The van der Waals surface area contributed by atoms with Gasteiger partial charge >= 0.3 is 0 Å². The SMILES string of the molecule is CCC(C)N(CCOC)CC1(CBr)CCCCC1. The molecule has 1 fully saturated rings. The molecule has 1 aliphatic carbocycles. The molecular formula is C15H30BrNO. The fourth-order valence-electron chi connectivity index (χ4n) is 2.99. The predicted octanol–water partition coefficient (Wildman–Crippen LogP) is 4.08. The Kier molecular flexibility index (Phi) is 7.81. The van der Waals surface area contributed by atoms with Gasteiger partial charge in [-0.05, 0) is 31.6 Å². The van der Waals surface area contributed by atoms with Gasteiger partial charge in [-0.15, -0.1) is 0 Å². The summed E-state index contributed by atoms with van der Waals surface area (Å²) in [5.41, 5.74) is 0.509. The monoisotopic (exact) mass is 319 g/mol. The first-order valence-electron chi connectivity index (χ1n) is 7.46. The minimum Gasteiger partial charge on any atom is -0.383 e. The summed E-state index contributed by atoms with van der Waals surface area (Å²) in [5, 5.41) is 1.15. The lowest BCUT2D eigenvalue weighted by Crippen LogP contribution is -2.45. The van der Waals surface area contributed by atoms with E-state index in [1.165, 1.54) is 45.1 Å². The van der Waals surface area contributed by atoms with E-state index in [9.17, 15) is 0 Å². The van der Waals surface area contributed by atoms with Gasteiger partial charge in [-0.25, -0.2) is 0 Å². The summed E-state index contributed by atoms with van der Waals surface area (Å²) >= 11 is 3.78. The molecule has 3 heteroatoms. The standard InChI is InChI=1S/C15H30BrNO/c1-4-14(2)17(10-11-18-3)13-15(12-16)8-6-5-7-9-15/h14H,4-13H2,1-3H3. The minimum atomic E-state index is 0.509. The van der Waals surface area contributed by atoms with E-state index < -0.39 is 0 Å². The van der Waals surface area contributed by atoms with Crippen molar-refractivity contribution in [3.8, 4) is 0 Å². The second-order valence-corrected chi connectivity index (χ2v) is 6.48. The number of rotatable bonds is 8. The molecule has 0 aromatic heterocycles. The summed E-state index contributed by atoms with van der Waals surface area (Å²) in [6.07, 6.45) is 8.24. The molecule has 0 aromatic carbocycles. The first kappa shape index (κ1) is 16.5. The quantitative estimate of drug-likeness (QED) is 0.625. The summed E-state index contributed by atoms with van der Waals surface area (Å²) in [6, 6.07) is 0.665. The zero-order chi connectivity index (χ0) is 13.4. The van der Waals surface area contributed by atoms with Crippen molar-refractivity contribution in [2.24, 2.45) is 5.41 Å². The third kappa shape index (κ3) is 4.82. The Balaban J connectivity index is 2.60. The van der Waals surface area contributed by atoms with Crippen molar-refractivity contribution in [2.45, 2.75) is 58.4 Å². The van der Waals surface area contributed by atoms with Crippen LogP contribution in [0.3, 0.4) is 0 Å². The largest absolute Gasteiger partial charge is 0.383 e. The van der Waals surface area contributed by atoms with E-state index in [1.54, 1.807) is 7.11 Å². The molecule has 2 nitrogen and oxygen atoms in total. The summed E-state index contributed by atoms with van der Waals surface area (Å²) in [5.74, 6) is 0. The highest BCUT2D eigenvalue weighted by Gasteiger charge is 2.33. The molecule has 108 valence electrons. The van der Waals surface area contributed by atoms with Crippen LogP contribution < -0.4 is 0 Å². The molecule has 1 rings (SSSR count). The minimum absolute atomic E-state index is 0.509. The molecule has 0 heterocycles. The lowest BCUT2D eigenvalue weighted by atomic mass is 9.75. The average Bonchev–Trinajstić information content (AvgIpc) is 2.43. The van der Waals surface area contributed by atoms with E-state index in [1.807, 2.05) is 0 Å². The van der Waals surface area contributed by atoms with E-state index in [2.05, 4.69) is 34.7 Å². The Morgan fingerprint density at radius 1 is 1.28 bits per heavy atom. The van der Waals surface area contributed by atoms with Crippen LogP contribution in [0.1, 0.15) is 52.4 Å². The van der Waals surface area contributed by atoms with Gasteiger partial charge in [-0.2, -0.15) is 0 Å². The molecule has 1 unspecified atom stereocenters. The average molecular weight is 320 g/mol. The van der Waals surface area contributed by atoms with Crippen molar-refractivity contribution in [1.29, 1.82) is 0 Å². The topological polar surface area (TPSA) is 12.5 Å². The van der Waals surface area contributed by atoms with E-state index in [-0.39, 0.29) is 0 Å². The van der Waals surface area contributed by atoms with Crippen LogP contribution in [0.25, 0.3) is 0 Å². The number of hydrogen-bond acceptors (Lipinski definition) is 2. The Morgan fingerprint density at radius 3 is 2.44 bits per heavy atom. The summed E-state index contributed by atoms with van der Waals surface area (Å²) in [6.45, 7) is 7.78. The first-order valence-corrected chi connectivity index (χ1v) is 8.58. The molecule has 0 aromatic rings. The Morgan fingerprint density at radius 2 is 1.94 bits per heavy atom. The summed E-state index contributed by atoms with van der Waals surface area (Å²) < 4.78 is 5.27. The predicted molar refractivity (Wildman–Crippen MR) is 82.5 cm³/mol. The maximum Gasteiger partial charge on any atom is 0.0589 e. The van der Waals surface area contributed by atoms with Gasteiger partial charge < -0.3 is 4.74 Å². The van der Waals surface area contributed by atoms with Gasteiger partial charge in [0.2, 0.25) is 0 Å². The van der Waals surface area contributed by atoms with Crippen molar-refractivity contribution >= 4 is 15.9 Å². The van der Waals surface area contributed by atoms with E-state index in [4.69, 9.17) is 4.74 Å². The van der Waals surface area contributed by atoms with Crippen molar-refractivity contribution in [3.63, 3.8) is 0 Å². The van der Waals surface area contributed by atoms with Gasteiger partial charge in [0.25, 0.3) is 0 Å². The maximum absolute atomic E-state index is 5.27. The van der Waals surface area contributed by atoms with Crippen LogP contribution in [0.15, 0.2) is 0 Å². The van der Waals surface area contributed by atoms with Gasteiger partial charge in [-0.1, -0.05) is 42.1 Å². The van der Waals surface area contributed by atoms with Crippen LogP contribution in [0.5, 0.6) is 0 Å². The highest BCUT2D eigenvalue weighted by Crippen LogP contribution is 2.39. The maximum atomic E-state index is 5.27. The van der Waals surface area contributed by atoms with Crippen molar-refractivity contribution in [1.82, 2.24) is 4.90 Å². The zero-order valence-electron chi connectivity index (χ0n) is 12.4. The summed E-state index contributed by atoms with van der Waals surface area (Å²) in [4.78, 5) is 2.64. The van der Waals surface area contributed by atoms with Crippen molar-refractivity contribution < 1.29 is 4.74 Å². The first-order chi connectivity index (χ1) is 8.67. The molecule has 0 aliphatic heterocycles. The van der Waals surface area contributed by atoms with Crippen LogP contribution in [-0.4, -0.2) is 43.1 Å². The van der Waals surface area contributed by atoms with Crippen LogP contribution >= 0.6 is 15.9 Å². The molecular weight excluding hydrogens is 290 g/mol. The number of nitrogens with zero attached hydrogens (tertiary/aromatic N) is 1. The number of alkyl halides is 1. The van der Waals surface area contributed by atoms with Crippen molar-refractivity contribution in [3.05, 3.63) is 0 Å². The molecule has 0 saturated heterocycles. The highest BCUT2D eigenvalue weighted by atomic mass is 79.9. The van der Waals surface area contributed by atoms with Gasteiger partial charge in [0.1, 0.15) is 0 Å². The van der Waals surface area contributed by atoms with Crippen LogP contribution in [-0.2, 0) is 4.74 Å². The number of hydrogen-bond donors (Lipinski definition) is 0. The van der Waals surface area contributed by atoms with Gasteiger partial charge in [0, 0.05) is 31.6 Å². The second kappa shape index (κ2) is 8.55. The Bertz CT molecular complexity index is 217. The molecule has 18 heavy (non-hydrogen) atoms. The van der Waals surface area contributed by atoms with E-state index >= 15 is 0 Å². The molecule has 1 aliphatic rings. The second-order valence-electron chi connectivity index (χ2n) is 5.91. The number of methoxy groups -OCH3 is 1. The Hall–Kier alpha value is 0.400. The third-order valence-electron chi connectivity index (χ3n) is 4.53. The zero-order valence-corrected chi connectivity index (χ0v) is 14.0. The van der Waals surface area contributed by atoms with Gasteiger partial charge in [-0.3, -0.25) is 4.90 Å². The molecule has 1 saturated carbocycles. The summed E-state index contributed by atoms with van der Waals surface area (Å²) in [7, 11) is 1.80. The lowest BCUT2D eigenvalue weighted by Gasteiger charge is -2.42. The molecule has 0 amide bonds. The lowest BCUT2D eigenvalue weighted by molar-refractivity contribution is 0.0689. The van der Waals surface area contributed by atoms with Crippen LogP contribution in [0.2, 0.25) is 0 Å². The fourth-order valence-corrected chi connectivity index (χ4v) is 3.73. The molecule has 1 atom stereocenters. The van der Waals surface area contributed by atoms with E-state index in [0.717, 1.165) is 18.5 Å². The number of halogens is 1. The molecule has 0 radical (unpaired) electrons. The van der Waals surface area contributed by atoms with Crippen molar-refractivity contribution in [2.75, 3.05) is 32.1 Å². The van der Waals surface area contributed by atoms with Crippen LogP contribution in [0, 0.1) is 5.41 Å². The highest BCUT2D eigenvalue weighted by molar-refractivity contribution is 9.09. The van der Waals surface area contributed by atoms with Gasteiger partial charge in [0.05, 0.1) is 6.61 Å². The molecule has 0 N–H and O–H groups in total. The molecule has 0 spiro atoms. The number of ether oxygens (including phenoxy) is 1.